The maximum absolute atomic E-state index is 3.65. The van der Waals surface area contributed by atoms with Crippen LogP contribution >= 0.6 is 0 Å². The van der Waals surface area contributed by atoms with Crippen molar-refractivity contribution in [3.8, 4) is 11.1 Å². The quantitative estimate of drug-likeness (QED) is 0.182. The number of benzene rings is 4. The summed E-state index contributed by atoms with van der Waals surface area (Å²) in [5.74, 6) is 0.675. The average Bonchev–Trinajstić information content (AvgIpc) is 3.74. The van der Waals surface area contributed by atoms with E-state index in [0.717, 1.165) is 6.42 Å². The summed E-state index contributed by atoms with van der Waals surface area (Å²) in [6.45, 7) is 22.5. The number of aryl methyl sites for hydroxylation is 2. The van der Waals surface area contributed by atoms with Crippen LogP contribution in [0.5, 0.6) is 0 Å². The molecule has 0 aliphatic heterocycles. The number of allylic oxidation sites excluding steroid dienone is 4. The summed E-state index contributed by atoms with van der Waals surface area (Å²) in [4.78, 5) is 0. The van der Waals surface area contributed by atoms with E-state index in [4.69, 9.17) is 0 Å². The van der Waals surface area contributed by atoms with E-state index in [2.05, 4.69) is 178 Å². The van der Waals surface area contributed by atoms with Gasteiger partial charge < -0.3 is 24.8 Å². The molecule has 0 amide bonds. The normalized spacial score (nSPS) is 14.9. The van der Waals surface area contributed by atoms with Crippen LogP contribution in [0, 0.1) is 19.9 Å². The Hall–Kier alpha value is -2.96. The van der Waals surface area contributed by atoms with Gasteiger partial charge in [0.25, 0.3) is 0 Å². The molecule has 0 unspecified atom stereocenters. The monoisotopic (exact) mass is 786 g/mol. The van der Waals surface area contributed by atoms with Gasteiger partial charge in [0.2, 0.25) is 0 Å². The summed E-state index contributed by atoms with van der Waals surface area (Å²) in [7, 11) is 0. The molecule has 0 nitrogen and oxygen atoms in total. The zero-order valence-corrected chi connectivity index (χ0v) is 35.8. The van der Waals surface area contributed by atoms with Crippen molar-refractivity contribution in [2.24, 2.45) is 0 Å². The van der Waals surface area contributed by atoms with Crippen LogP contribution in [0.1, 0.15) is 123 Å². The molecule has 3 aliphatic carbocycles. The van der Waals surface area contributed by atoms with Crippen molar-refractivity contribution in [3.63, 3.8) is 0 Å². The molecule has 3 aliphatic rings. The molecule has 0 saturated carbocycles. The van der Waals surface area contributed by atoms with Gasteiger partial charge in [-0.15, -0.1) is 11.6 Å². The molecule has 262 valence electrons. The van der Waals surface area contributed by atoms with E-state index in [1.165, 1.54) is 111 Å². The number of hydrogen-bond acceptors (Lipinski definition) is 0. The second kappa shape index (κ2) is 16.0. The van der Waals surface area contributed by atoms with Crippen LogP contribution in [0.4, 0.5) is 0 Å². The zero-order valence-electron chi connectivity index (χ0n) is 31.9. The first-order valence-corrected chi connectivity index (χ1v) is 19.0. The fraction of sp³-hybridized carbons (Fsp3) is 0.292. The van der Waals surface area contributed by atoms with Crippen LogP contribution in [0.3, 0.4) is 0 Å². The molecule has 0 spiro atoms. The molecule has 0 aromatic heterocycles. The minimum atomic E-state index is 0. The van der Waals surface area contributed by atoms with Crippen LogP contribution in [0.2, 0.25) is 0 Å². The van der Waals surface area contributed by atoms with E-state index in [1.807, 2.05) is 0 Å². The third-order valence-corrected chi connectivity index (χ3v) is 11.9. The summed E-state index contributed by atoms with van der Waals surface area (Å²) >= 11 is 1.46. The van der Waals surface area contributed by atoms with E-state index in [0.29, 0.717) is 5.92 Å². The van der Waals surface area contributed by atoms with Gasteiger partial charge in [0.05, 0.1) is 0 Å². The van der Waals surface area contributed by atoms with Crippen molar-refractivity contribution in [1.29, 1.82) is 0 Å². The fourth-order valence-electron chi connectivity index (χ4n) is 8.10. The predicted octanol–water partition coefficient (Wildman–Crippen LogP) is 6.41. The number of rotatable bonds is 3. The van der Waals surface area contributed by atoms with E-state index >= 15 is 0 Å². The molecule has 0 N–H and O–H groups in total. The van der Waals surface area contributed by atoms with Gasteiger partial charge in [0, 0.05) is 5.41 Å². The second-order valence-corrected chi connectivity index (χ2v) is 16.9. The Morgan fingerprint density at radius 2 is 1.20 bits per heavy atom. The molecule has 51 heavy (non-hydrogen) atoms. The molecule has 0 radical (unpaired) electrons. The summed E-state index contributed by atoms with van der Waals surface area (Å²) in [5, 5.41) is 0. The van der Waals surface area contributed by atoms with E-state index in [1.54, 1.807) is 0 Å². The molecule has 0 fully saturated rings. The van der Waals surface area contributed by atoms with Gasteiger partial charge in [-0.3, -0.25) is 6.08 Å². The third kappa shape index (κ3) is 8.33. The molecular formula is C48H50Cl2Zr-2. The molecule has 0 atom stereocenters. The number of hydrogen-bond donors (Lipinski definition) is 0. The first-order valence-electron chi connectivity index (χ1n) is 17.8. The SMILES string of the molecule is CC1=[C-]C(C)(C)c2cc3c(cc21)-c1cc2c(cc1C3)C(C)(C)C=C2C.Cc1cc(C(C)C)c(C)[cH-]1.[Cl-].[Cl-].[Zr+2]=[C](c1ccccc1)c1ccccc1. The first kappa shape index (κ1) is 40.8. The first-order chi connectivity index (χ1) is 23.2. The van der Waals surface area contributed by atoms with E-state index < -0.39 is 0 Å². The van der Waals surface area contributed by atoms with Gasteiger partial charge in [-0.1, -0.05) is 91.9 Å². The van der Waals surface area contributed by atoms with Crippen molar-refractivity contribution < 1.29 is 49.0 Å². The Morgan fingerprint density at radius 3 is 1.67 bits per heavy atom. The Bertz CT molecular complexity index is 1980. The molecular weight excluding hydrogens is 739 g/mol. The summed E-state index contributed by atoms with van der Waals surface area (Å²) in [6, 6.07) is 35.4. The van der Waals surface area contributed by atoms with Crippen molar-refractivity contribution in [3.05, 3.63) is 170 Å². The van der Waals surface area contributed by atoms with Gasteiger partial charge in [-0.25, -0.2) is 11.6 Å². The molecule has 8 rings (SSSR count). The standard InChI is InChI=1S/C25H25.C13H10.C10H15.2ClH.Zr/c1-14-12-24(3,4)22-8-16-7-17-9-23-19(15(2)13-25(23,5)6)11-21(17)20(16)10-18(14)22;1-3-7-12(8-4-1)11-13-9-5-2-6-10-13;1-7(2)10-6-8(3)5-9(10)4;;;/h8-12H,7H2,1-6H3;1-10H;5-7H,1-4H3;2*1H;/q-1;;-1;;;+2/p-2. The number of halogens is 2. The van der Waals surface area contributed by atoms with Crippen LogP contribution in [0.15, 0.2) is 103 Å². The van der Waals surface area contributed by atoms with Crippen LogP contribution in [-0.2, 0) is 41.5 Å². The topological polar surface area (TPSA) is 0 Å². The van der Waals surface area contributed by atoms with Gasteiger partial charge in [0.15, 0.2) is 0 Å². The molecule has 0 heterocycles. The van der Waals surface area contributed by atoms with Crippen molar-refractivity contribution in [2.75, 3.05) is 0 Å². The Kier molecular flexibility index (Phi) is 12.8. The molecule has 5 aromatic rings. The zero-order chi connectivity index (χ0) is 35.2. The summed E-state index contributed by atoms with van der Waals surface area (Å²) in [6.07, 6.45) is 7.13. The van der Waals surface area contributed by atoms with Crippen molar-refractivity contribution >= 4 is 14.4 Å². The van der Waals surface area contributed by atoms with Crippen LogP contribution < -0.4 is 24.8 Å². The fourth-order valence-corrected chi connectivity index (χ4v) is 8.92. The molecule has 0 saturated heterocycles. The number of fused-ring (bicyclic) bond motifs is 5. The van der Waals surface area contributed by atoms with Crippen LogP contribution in [-0.4, -0.2) is 3.21 Å². The van der Waals surface area contributed by atoms with E-state index in [9.17, 15) is 0 Å². The molecule has 5 aromatic carbocycles. The van der Waals surface area contributed by atoms with Gasteiger partial charge in [0.1, 0.15) is 0 Å². The van der Waals surface area contributed by atoms with Crippen LogP contribution in [0.25, 0.3) is 22.3 Å². The predicted molar refractivity (Wildman–Crippen MR) is 208 cm³/mol. The Labute approximate surface area is 335 Å². The second-order valence-electron chi connectivity index (χ2n) is 15.6. The van der Waals surface area contributed by atoms with Gasteiger partial charge in [-0.05, 0) is 58.4 Å². The third-order valence-electron chi connectivity index (χ3n) is 10.5. The summed E-state index contributed by atoms with van der Waals surface area (Å²) in [5.41, 5.74) is 21.5. The maximum atomic E-state index is 3.65. The van der Waals surface area contributed by atoms with E-state index in [-0.39, 0.29) is 35.6 Å². The Balaban J connectivity index is 0.000000191. The van der Waals surface area contributed by atoms with Gasteiger partial charge >= 0.3 is 99.2 Å². The minimum absolute atomic E-state index is 0. The van der Waals surface area contributed by atoms with Gasteiger partial charge in [-0.2, -0.15) is 28.3 Å². The average molecular weight is 789 g/mol. The van der Waals surface area contributed by atoms with Crippen molar-refractivity contribution in [1.82, 2.24) is 0 Å². The Morgan fingerprint density at radius 1 is 0.686 bits per heavy atom. The van der Waals surface area contributed by atoms with Crippen molar-refractivity contribution in [2.45, 2.75) is 92.4 Å². The summed E-state index contributed by atoms with van der Waals surface area (Å²) < 4.78 is 1.42. The molecule has 3 heteroatoms. The molecule has 0 bridgehead atoms.